The van der Waals surface area contributed by atoms with E-state index in [9.17, 15) is 8.42 Å². The number of aromatic nitrogens is 2. The fourth-order valence-corrected chi connectivity index (χ4v) is 2.22. The van der Waals surface area contributed by atoms with Gasteiger partial charge in [-0.15, -0.1) is 0 Å². The Labute approximate surface area is 87.6 Å². The summed E-state index contributed by atoms with van der Waals surface area (Å²) in [5, 5.41) is 0. The minimum Gasteiger partial charge on any atom is -0.323 e. The number of sulfone groups is 1. The Bertz CT molecular complexity index is 360. The third-order valence-electron chi connectivity index (χ3n) is 1.79. The van der Waals surface area contributed by atoms with E-state index in [0.29, 0.717) is 12.8 Å². The summed E-state index contributed by atoms with van der Waals surface area (Å²) in [4.78, 5) is 0. The summed E-state index contributed by atoms with van der Waals surface area (Å²) in [5.41, 5.74) is 6.52. The van der Waals surface area contributed by atoms with Gasteiger partial charge in [0.05, 0.1) is 23.6 Å². The summed E-state index contributed by atoms with van der Waals surface area (Å²) < 4.78 is 29.5. The first-order valence-electron chi connectivity index (χ1n) is 4.20. The molecular formula is C7H13N3O2S2. The molecule has 7 heteroatoms. The molecule has 1 atom stereocenters. The Morgan fingerprint density at radius 1 is 1.64 bits per heavy atom. The Morgan fingerprint density at radius 2 is 2.36 bits per heavy atom. The summed E-state index contributed by atoms with van der Waals surface area (Å²) in [6.07, 6.45) is 4.04. The third-order valence-corrected chi connectivity index (χ3v) is 3.31. The van der Waals surface area contributed by atoms with Gasteiger partial charge >= 0.3 is 0 Å². The van der Waals surface area contributed by atoms with Crippen molar-refractivity contribution in [3.63, 3.8) is 0 Å². The standard InChI is InChI=1S/C7H13N3O2S2/c1-14(11,12)4-2-3-6(8)7-5-9-13-10-7/h5-6H,2-4,8H2,1H3. The first-order chi connectivity index (χ1) is 6.49. The predicted molar refractivity (Wildman–Crippen MR) is 55.8 cm³/mol. The second kappa shape index (κ2) is 4.81. The molecular weight excluding hydrogens is 222 g/mol. The molecule has 0 aliphatic rings. The van der Waals surface area contributed by atoms with E-state index in [4.69, 9.17) is 5.73 Å². The van der Waals surface area contributed by atoms with Gasteiger partial charge in [-0.2, -0.15) is 8.75 Å². The number of rotatable bonds is 5. The van der Waals surface area contributed by atoms with Crippen molar-refractivity contribution < 1.29 is 8.42 Å². The SMILES string of the molecule is CS(=O)(=O)CCCC(N)c1cnsn1. The van der Waals surface area contributed by atoms with Crippen LogP contribution in [0.25, 0.3) is 0 Å². The van der Waals surface area contributed by atoms with Crippen LogP contribution in [0.2, 0.25) is 0 Å². The number of nitrogens with two attached hydrogens (primary N) is 1. The summed E-state index contributed by atoms with van der Waals surface area (Å²) in [6.45, 7) is 0. The van der Waals surface area contributed by atoms with Crippen molar-refractivity contribution in [1.82, 2.24) is 8.75 Å². The molecule has 0 radical (unpaired) electrons. The molecule has 1 rings (SSSR count). The van der Waals surface area contributed by atoms with Crippen molar-refractivity contribution >= 4 is 21.6 Å². The fourth-order valence-electron chi connectivity index (χ4n) is 1.05. The zero-order chi connectivity index (χ0) is 10.6. The van der Waals surface area contributed by atoms with Crippen LogP contribution in [0.3, 0.4) is 0 Å². The molecule has 2 N–H and O–H groups in total. The maximum Gasteiger partial charge on any atom is 0.147 e. The molecule has 0 aliphatic heterocycles. The van der Waals surface area contributed by atoms with Gasteiger partial charge in [0.25, 0.3) is 0 Å². The van der Waals surface area contributed by atoms with Crippen molar-refractivity contribution in [3.8, 4) is 0 Å². The van der Waals surface area contributed by atoms with E-state index < -0.39 is 9.84 Å². The van der Waals surface area contributed by atoms with Crippen LogP contribution < -0.4 is 5.73 Å². The van der Waals surface area contributed by atoms with Gasteiger partial charge in [-0.05, 0) is 12.8 Å². The van der Waals surface area contributed by atoms with Crippen molar-refractivity contribution in [2.24, 2.45) is 5.73 Å². The van der Waals surface area contributed by atoms with E-state index in [0.717, 1.165) is 17.4 Å². The molecule has 0 aromatic carbocycles. The van der Waals surface area contributed by atoms with Crippen molar-refractivity contribution in [2.45, 2.75) is 18.9 Å². The highest BCUT2D eigenvalue weighted by Crippen LogP contribution is 2.13. The lowest BCUT2D eigenvalue weighted by molar-refractivity contribution is 0.585. The first kappa shape index (κ1) is 11.5. The van der Waals surface area contributed by atoms with Crippen molar-refractivity contribution in [2.75, 3.05) is 12.0 Å². The van der Waals surface area contributed by atoms with Gasteiger partial charge in [0.15, 0.2) is 0 Å². The molecule has 0 aliphatic carbocycles. The first-order valence-corrected chi connectivity index (χ1v) is 6.99. The summed E-state index contributed by atoms with van der Waals surface area (Å²) >= 11 is 1.11. The van der Waals surface area contributed by atoms with E-state index in [1.165, 1.54) is 6.26 Å². The molecule has 14 heavy (non-hydrogen) atoms. The lowest BCUT2D eigenvalue weighted by Crippen LogP contribution is -2.12. The molecule has 0 fully saturated rings. The molecule has 5 nitrogen and oxygen atoms in total. The van der Waals surface area contributed by atoms with Crippen LogP contribution in [0.15, 0.2) is 6.20 Å². The lowest BCUT2D eigenvalue weighted by Gasteiger charge is -2.06. The zero-order valence-electron chi connectivity index (χ0n) is 7.88. The zero-order valence-corrected chi connectivity index (χ0v) is 9.51. The minimum atomic E-state index is -2.88. The van der Waals surface area contributed by atoms with Gasteiger partial charge in [-0.3, -0.25) is 0 Å². The Hall–Kier alpha value is -0.530. The predicted octanol–water partition coefficient (Wildman–Crippen LogP) is 0.363. The highest BCUT2D eigenvalue weighted by Gasteiger charge is 2.10. The normalized spacial score (nSPS) is 14.1. The quantitative estimate of drug-likeness (QED) is 0.796. The van der Waals surface area contributed by atoms with Crippen LogP contribution in [0.5, 0.6) is 0 Å². The summed E-state index contributed by atoms with van der Waals surface area (Å²) in [7, 11) is -2.88. The minimum absolute atomic E-state index is 0.179. The van der Waals surface area contributed by atoms with Gasteiger partial charge < -0.3 is 5.73 Å². The van der Waals surface area contributed by atoms with Crippen LogP contribution >= 0.6 is 11.7 Å². The molecule has 1 aromatic heterocycles. The molecule has 0 saturated heterocycles. The maximum atomic E-state index is 10.8. The van der Waals surface area contributed by atoms with Crippen LogP contribution in [0.1, 0.15) is 24.6 Å². The number of hydrogen-bond acceptors (Lipinski definition) is 6. The van der Waals surface area contributed by atoms with Gasteiger partial charge in [0, 0.05) is 18.1 Å². The van der Waals surface area contributed by atoms with E-state index >= 15 is 0 Å². The molecule has 1 unspecified atom stereocenters. The molecule has 80 valence electrons. The Morgan fingerprint density at radius 3 is 2.86 bits per heavy atom. The van der Waals surface area contributed by atoms with Crippen LogP contribution in [-0.2, 0) is 9.84 Å². The van der Waals surface area contributed by atoms with Gasteiger partial charge in [0.2, 0.25) is 0 Å². The average Bonchev–Trinajstić information content (AvgIpc) is 2.53. The highest BCUT2D eigenvalue weighted by atomic mass is 32.2. The lowest BCUT2D eigenvalue weighted by atomic mass is 10.1. The Balaban J connectivity index is 2.33. The molecule has 0 bridgehead atoms. The summed E-state index contributed by atoms with van der Waals surface area (Å²) in [5.74, 6) is 0.179. The number of hydrogen-bond donors (Lipinski definition) is 1. The van der Waals surface area contributed by atoms with E-state index in [2.05, 4.69) is 8.75 Å². The van der Waals surface area contributed by atoms with Crippen molar-refractivity contribution in [3.05, 3.63) is 11.9 Å². The molecule has 0 saturated carbocycles. The number of nitrogens with zero attached hydrogens (tertiary/aromatic N) is 2. The van der Waals surface area contributed by atoms with E-state index in [1.54, 1.807) is 6.20 Å². The largest absolute Gasteiger partial charge is 0.323 e. The van der Waals surface area contributed by atoms with Crippen LogP contribution in [0, 0.1) is 0 Å². The van der Waals surface area contributed by atoms with Crippen LogP contribution in [-0.4, -0.2) is 29.2 Å². The second-order valence-electron chi connectivity index (χ2n) is 3.21. The molecule has 1 heterocycles. The highest BCUT2D eigenvalue weighted by molar-refractivity contribution is 7.90. The maximum absolute atomic E-state index is 10.8. The molecule has 1 aromatic rings. The second-order valence-corrected chi connectivity index (χ2v) is 6.03. The molecule has 0 spiro atoms. The van der Waals surface area contributed by atoms with Gasteiger partial charge in [-0.1, -0.05) is 0 Å². The van der Waals surface area contributed by atoms with E-state index in [-0.39, 0.29) is 11.8 Å². The average molecular weight is 235 g/mol. The van der Waals surface area contributed by atoms with Crippen LogP contribution in [0.4, 0.5) is 0 Å². The summed E-state index contributed by atoms with van der Waals surface area (Å²) in [6, 6.07) is -0.199. The molecule has 0 amide bonds. The van der Waals surface area contributed by atoms with Gasteiger partial charge in [0.1, 0.15) is 9.84 Å². The fraction of sp³-hybridized carbons (Fsp3) is 0.714. The monoisotopic (exact) mass is 235 g/mol. The smallest absolute Gasteiger partial charge is 0.147 e. The Kier molecular flexibility index (Phi) is 3.97. The topological polar surface area (TPSA) is 85.9 Å². The van der Waals surface area contributed by atoms with E-state index in [1.807, 2.05) is 0 Å². The van der Waals surface area contributed by atoms with Crippen molar-refractivity contribution in [1.29, 1.82) is 0 Å². The van der Waals surface area contributed by atoms with Gasteiger partial charge in [-0.25, -0.2) is 8.42 Å². The third kappa shape index (κ3) is 4.12.